The van der Waals surface area contributed by atoms with E-state index in [4.69, 9.17) is 28.9 Å². The normalized spacial score (nSPS) is 20.7. The number of fused-ring (bicyclic) bond motifs is 2. The summed E-state index contributed by atoms with van der Waals surface area (Å²) in [6, 6.07) is 24.8. The summed E-state index contributed by atoms with van der Waals surface area (Å²) in [6.45, 7) is 6.76. The van der Waals surface area contributed by atoms with Crippen molar-refractivity contribution < 1.29 is 52.9 Å². The highest BCUT2D eigenvalue weighted by molar-refractivity contribution is 6.03. The smallest absolute Gasteiger partial charge is 0.416 e. The molecule has 0 bridgehead atoms. The summed E-state index contributed by atoms with van der Waals surface area (Å²) < 4.78 is 41.1. The number of allylic oxidation sites excluding steroid dienone is 1. The van der Waals surface area contributed by atoms with Crippen LogP contribution in [0.2, 0.25) is 0 Å². The average molecular weight is 1060 g/mol. The highest BCUT2D eigenvalue weighted by atomic mass is 19.1. The Bertz CT molecular complexity index is 2580. The van der Waals surface area contributed by atoms with Crippen molar-refractivity contribution >= 4 is 23.6 Å². The summed E-state index contributed by atoms with van der Waals surface area (Å²) in [7, 11) is 0. The van der Waals surface area contributed by atoms with Crippen molar-refractivity contribution in [3.8, 4) is 17.2 Å². The number of rotatable bonds is 31. The van der Waals surface area contributed by atoms with Crippen LogP contribution in [0.25, 0.3) is 0 Å². The van der Waals surface area contributed by atoms with Gasteiger partial charge in [-0.1, -0.05) is 137 Å². The predicted molar refractivity (Wildman–Crippen MR) is 293 cm³/mol. The molecule has 6 unspecified atom stereocenters. The van der Waals surface area contributed by atoms with Crippen LogP contribution in [0.1, 0.15) is 139 Å². The Hall–Kier alpha value is -6.62. The Morgan fingerprint density at radius 2 is 1.52 bits per heavy atom. The molecule has 7 rings (SSSR count). The first kappa shape index (κ1) is 58.1. The molecule has 1 saturated carbocycles. The van der Waals surface area contributed by atoms with Gasteiger partial charge in [-0.15, -0.1) is 6.58 Å². The lowest BCUT2D eigenvalue weighted by atomic mass is 9.55. The van der Waals surface area contributed by atoms with Gasteiger partial charge in [0.15, 0.2) is 0 Å². The maximum Gasteiger partial charge on any atom is 0.416 e. The van der Waals surface area contributed by atoms with Gasteiger partial charge < -0.3 is 39.3 Å². The summed E-state index contributed by atoms with van der Waals surface area (Å²) >= 11 is 0. The van der Waals surface area contributed by atoms with Gasteiger partial charge in [0, 0.05) is 56.3 Å². The molecule has 1 heterocycles. The molecule has 414 valence electrons. The largest absolute Gasteiger partial charge is 0.459 e. The van der Waals surface area contributed by atoms with E-state index in [1.54, 1.807) is 30.3 Å². The van der Waals surface area contributed by atoms with E-state index >= 15 is 4.79 Å². The lowest BCUT2D eigenvalue weighted by molar-refractivity contribution is -0.384. The Kier molecular flexibility index (Phi) is 22.5. The van der Waals surface area contributed by atoms with E-state index in [2.05, 4.69) is 24.9 Å². The van der Waals surface area contributed by atoms with Crippen molar-refractivity contribution in [3.63, 3.8) is 0 Å². The van der Waals surface area contributed by atoms with Gasteiger partial charge in [0.1, 0.15) is 35.7 Å². The first-order valence-corrected chi connectivity index (χ1v) is 27.8. The molecule has 15 nitrogen and oxygen atoms in total. The fraction of sp³-hybridized carbons (Fsp3) is 0.492. The predicted octanol–water partition coefficient (Wildman–Crippen LogP) is 13.3. The molecule has 0 radical (unpaired) electrons. The van der Waals surface area contributed by atoms with Gasteiger partial charge in [-0.2, -0.15) is 0 Å². The van der Waals surface area contributed by atoms with Gasteiger partial charge in [-0.3, -0.25) is 15.0 Å². The van der Waals surface area contributed by atoms with Crippen LogP contribution in [0, 0.1) is 33.7 Å². The zero-order valence-electron chi connectivity index (χ0n) is 44.5. The molecule has 2 amide bonds. The third kappa shape index (κ3) is 15.8. The summed E-state index contributed by atoms with van der Waals surface area (Å²) in [6.07, 6.45) is 18.1. The molecule has 77 heavy (non-hydrogen) atoms. The number of nitro benzene ring substituents is 1. The minimum atomic E-state index is -1.70. The number of ether oxygens (including phenoxy) is 4. The molecular formula is C61H77FN4O11. The van der Waals surface area contributed by atoms with E-state index in [-0.39, 0.29) is 62.7 Å². The molecule has 1 aliphatic heterocycles. The zero-order valence-corrected chi connectivity index (χ0v) is 44.5. The van der Waals surface area contributed by atoms with Gasteiger partial charge in [0.25, 0.3) is 5.69 Å². The van der Waals surface area contributed by atoms with Gasteiger partial charge in [-0.05, 0) is 103 Å². The van der Waals surface area contributed by atoms with E-state index in [9.17, 15) is 29.5 Å². The minimum absolute atomic E-state index is 0.00222. The number of carbonyl (C=O) groups is 2. The van der Waals surface area contributed by atoms with E-state index < -0.39 is 46.6 Å². The number of halogens is 1. The van der Waals surface area contributed by atoms with Crippen molar-refractivity contribution in [3.05, 3.63) is 154 Å². The monoisotopic (exact) mass is 1060 g/mol. The second kappa shape index (κ2) is 29.8. The molecule has 3 N–H and O–H groups in total. The summed E-state index contributed by atoms with van der Waals surface area (Å²) in [5, 5.41) is 39.6. The molecule has 4 aromatic carbocycles. The summed E-state index contributed by atoms with van der Waals surface area (Å²) in [5.74, 6) is -2.75. The molecule has 3 aliphatic rings. The Morgan fingerprint density at radius 1 is 0.844 bits per heavy atom. The van der Waals surface area contributed by atoms with E-state index in [0.29, 0.717) is 61.4 Å². The lowest BCUT2D eigenvalue weighted by Crippen LogP contribution is -2.70. The molecule has 1 fully saturated rings. The molecule has 4 aromatic rings. The van der Waals surface area contributed by atoms with Gasteiger partial charge in [-0.25, -0.2) is 14.0 Å². The maximum absolute atomic E-state index is 15.1. The third-order valence-corrected chi connectivity index (χ3v) is 15.0. The van der Waals surface area contributed by atoms with E-state index in [1.807, 2.05) is 36.4 Å². The van der Waals surface area contributed by atoms with Crippen molar-refractivity contribution in [2.24, 2.45) is 22.9 Å². The van der Waals surface area contributed by atoms with Crippen LogP contribution in [0.3, 0.4) is 0 Å². The van der Waals surface area contributed by atoms with Crippen LogP contribution in [0.15, 0.2) is 127 Å². The van der Waals surface area contributed by atoms with Crippen molar-refractivity contribution in [2.75, 3.05) is 26.4 Å². The molecule has 0 saturated heterocycles. The minimum Gasteiger partial charge on any atom is -0.459 e. The molecule has 16 heteroatoms. The second-order valence-electron chi connectivity index (χ2n) is 20.4. The summed E-state index contributed by atoms with van der Waals surface area (Å²) in [4.78, 5) is 47.4. The molecule has 0 aromatic heterocycles. The van der Waals surface area contributed by atoms with Crippen LogP contribution in [0.4, 0.5) is 19.7 Å². The number of oxime groups is 1. The Labute approximate surface area is 452 Å². The fourth-order valence-electron chi connectivity index (χ4n) is 11.3. The number of hydrogen-bond donors (Lipinski definition) is 3. The SMILES string of the molecule is C=CCOC12Oc3ccc(OC(=O)NCCCCCCCCCCCC)cc3C3C(CCCCO)C(CCCCO)C=C(C(=NOCc4ccccc4)CC1N(Cc1ccc(F)cc1)C(=O)Oc1ccc([N+](=O)[O-])cc1)C32. The van der Waals surface area contributed by atoms with Crippen molar-refractivity contribution in [1.82, 2.24) is 10.2 Å². The number of amides is 2. The number of carbonyl (C=O) groups excluding carboxylic acids is 2. The number of non-ortho nitro benzene ring substituents is 1. The second-order valence-corrected chi connectivity index (χ2v) is 20.4. The van der Waals surface area contributed by atoms with E-state index in [1.165, 1.54) is 86.2 Å². The first-order valence-electron chi connectivity index (χ1n) is 27.8. The summed E-state index contributed by atoms with van der Waals surface area (Å²) in [5.41, 5.74) is 3.32. The number of nitrogens with zero attached hydrogens (tertiary/aromatic N) is 3. The molecule has 0 spiro atoms. The molecule has 2 aliphatic carbocycles. The van der Waals surface area contributed by atoms with Crippen LogP contribution in [-0.2, 0) is 22.7 Å². The van der Waals surface area contributed by atoms with Crippen molar-refractivity contribution in [1.29, 1.82) is 0 Å². The van der Waals surface area contributed by atoms with E-state index in [0.717, 1.165) is 42.4 Å². The quantitative estimate of drug-likeness (QED) is 0.0188. The number of aliphatic hydroxyl groups excluding tert-OH is 2. The lowest BCUT2D eigenvalue weighted by Gasteiger charge is -2.59. The highest BCUT2D eigenvalue weighted by Crippen LogP contribution is 2.62. The number of hydrogen-bond acceptors (Lipinski definition) is 12. The topological polar surface area (TPSA) is 192 Å². The number of unbranched alkanes of at least 4 members (excludes halogenated alkanes) is 11. The van der Waals surface area contributed by atoms with Crippen molar-refractivity contribution in [2.45, 2.75) is 147 Å². The van der Waals surface area contributed by atoms with Crippen LogP contribution in [0.5, 0.6) is 17.2 Å². The first-order chi connectivity index (χ1) is 37.6. The number of benzene rings is 4. The van der Waals surface area contributed by atoms with Gasteiger partial charge in [0.05, 0.1) is 23.2 Å². The Balaban J connectivity index is 1.32. The standard InChI is InChI=1S/C61H77FN4O11/c1-3-5-6-7-8-9-10-11-12-18-35-63-59(69)75-50-33-34-55-53(40-50)57-51(24-17-20-37-68)46(23-16-19-36-67)39-52-54(64-74-43-45-21-14-13-15-22-45)41-56(61(77-55,58(52)57)73-38-4-2)65(42-44-25-27-47(62)28-26-44)60(70)76-49-31-29-48(30-32-49)66(71)72/h4,13-15,21-22,25-34,39-40,46,51,56-58,67-68H,2-3,5-12,16-20,23-24,35-38,41-43H2,1H3,(H,63,69). The van der Waals surface area contributed by atoms with Gasteiger partial charge in [0.2, 0.25) is 5.79 Å². The fourth-order valence-corrected chi connectivity index (χ4v) is 11.3. The van der Waals surface area contributed by atoms with Crippen LogP contribution < -0.4 is 19.5 Å². The molecule has 6 atom stereocenters. The molecular weight excluding hydrogens is 984 g/mol. The average Bonchev–Trinajstić information content (AvgIpc) is 3.56. The zero-order chi connectivity index (χ0) is 54.4. The highest BCUT2D eigenvalue weighted by Gasteiger charge is 2.66. The maximum atomic E-state index is 15.1. The Morgan fingerprint density at radius 3 is 2.19 bits per heavy atom. The van der Waals surface area contributed by atoms with Crippen LogP contribution >= 0.6 is 0 Å². The number of aliphatic hydroxyl groups is 2. The third-order valence-electron chi connectivity index (χ3n) is 15.0. The number of nitrogens with one attached hydrogen (secondary N) is 1. The van der Waals surface area contributed by atoms with Crippen LogP contribution in [-0.4, -0.2) is 76.1 Å². The number of nitro groups is 1. The van der Waals surface area contributed by atoms with Gasteiger partial charge >= 0.3 is 12.2 Å².